The number of nitrogens with one attached hydrogen (secondary N) is 1. The highest BCUT2D eigenvalue weighted by atomic mass is 35.5. The van der Waals surface area contributed by atoms with Crippen molar-refractivity contribution in [2.24, 2.45) is 0 Å². The highest BCUT2D eigenvalue weighted by Crippen LogP contribution is 2.27. The molecule has 0 aliphatic carbocycles. The largest absolute Gasteiger partial charge is 0.444 e. The summed E-state index contributed by atoms with van der Waals surface area (Å²) in [5, 5.41) is 2.98. The monoisotopic (exact) mass is 360 g/mol. The van der Waals surface area contributed by atoms with Crippen LogP contribution in [0.15, 0.2) is 42.5 Å². The molecule has 132 valence electrons. The van der Waals surface area contributed by atoms with Crippen molar-refractivity contribution in [1.82, 2.24) is 5.32 Å². The normalized spacial score (nSPS) is 11.0. The van der Waals surface area contributed by atoms with Crippen LogP contribution in [0.2, 0.25) is 5.02 Å². The second-order valence-electron chi connectivity index (χ2n) is 6.54. The predicted molar refractivity (Wildman–Crippen MR) is 98.8 cm³/mol. The van der Waals surface area contributed by atoms with E-state index in [0.717, 1.165) is 0 Å². The van der Waals surface area contributed by atoms with Crippen molar-refractivity contribution in [3.63, 3.8) is 0 Å². The first-order valence-corrected chi connectivity index (χ1v) is 8.20. The Labute approximate surface area is 152 Å². The van der Waals surface area contributed by atoms with Gasteiger partial charge in [0.25, 0.3) is 0 Å². The fourth-order valence-corrected chi connectivity index (χ4v) is 2.47. The minimum atomic E-state index is -0.607. The Morgan fingerprint density at radius 1 is 1.12 bits per heavy atom. The van der Waals surface area contributed by atoms with Crippen LogP contribution in [0.4, 0.5) is 10.5 Å². The Balaban J connectivity index is 2.22. The van der Waals surface area contributed by atoms with Crippen LogP contribution in [0.3, 0.4) is 0 Å². The van der Waals surface area contributed by atoms with Crippen molar-refractivity contribution >= 4 is 29.2 Å². The number of rotatable bonds is 4. The molecule has 2 aromatic rings. The molecule has 0 aromatic heterocycles. The number of nitrogen functional groups attached to an aromatic ring is 1. The fraction of sp³-hybridized carbons (Fsp3) is 0.263. The number of benzene rings is 2. The van der Waals surface area contributed by atoms with E-state index in [0.29, 0.717) is 21.7 Å². The minimum Gasteiger partial charge on any atom is -0.444 e. The summed E-state index contributed by atoms with van der Waals surface area (Å²) in [5.41, 5.74) is 7.13. The Hall–Kier alpha value is -2.53. The summed E-state index contributed by atoms with van der Waals surface area (Å²) in [6.07, 6.45) is -0.581. The summed E-state index contributed by atoms with van der Waals surface area (Å²) in [6, 6.07) is 12.0. The van der Waals surface area contributed by atoms with Gasteiger partial charge in [-0.05, 0) is 32.9 Å². The van der Waals surface area contributed by atoms with Crippen LogP contribution in [0, 0.1) is 0 Å². The molecule has 0 radical (unpaired) electrons. The third kappa shape index (κ3) is 4.97. The molecule has 0 aliphatic heterocycles. The number of nitrogens with two attached hydrogens (primary N) is 1. The van der Waals surface area contributed by atoms with Crippen LogP contribution in [0.25, 0.3) is 0 Å². The van der Waals surface area contributed by atoms with E-state index in [1.807, 2.05) is 6.07 Å². The van der Waals surface area contributed by atoms with Gasteiger partial charge in [0.15, 0.2) is 5.78 Å². The van der Waals surface area contributed by atoms with Gasteiger partial charge in [-0.3, -0.25) is 4.79 Å². The van der Waals surface area contributed by atoms with Crippen LogP contribution in [-0.4, -0.2) is 17.5 Å². The number of carbonyl (C=O) groups excluding carboxylic acids is 2. The van der Waals surface area contributed by atoms with Gasteiger partial charge in [0, 0.05) is 33.9 Å². The molecule has 3 N–H and O–H groups in total. The number of hydrogen-bond acceptors (Lipinski definition) is 4. The Morgan fingerprint density at radius 2 is 1.76 bits per heavy atom. The first-order chi connectivity index (χ1) is 11.7. The van der Waals surface area contributed by atoms with Crippen molar-refractivity contribution in [3.8, 4) is 0 Å². The van der Waals surface area contributed by atoms with Gasteiger partial charge in [0.05, 0.1) is 0 Å². The van der Waals surface area contributed by atoms with E-state index < -0.39 is 11.7 Å². The van der Waals surface area contributed by atoms with E-state index in [1.165, 1.54) is 0 Å². The fourth-order valence-electron chi connectivity index (χ4n) is 2.24. The number of alkyl carbamates (subject to hydrolysis) is 1. The highest BCUT2D eigenvalue weighted by molar-refractivity contribution is 6.32. The molecule has 0 atom stereocenters. The second kappa shape index (κ2) is 7.57. The zero-order chi connectivity index (χ0) is 18.6. The third-order valence-corrected chi connectivity index (χ3v) is 3.74. The quantitative estimate of drug-likeness (QED) is 0.633. The second-order valence-corrected chi connectivity index (χ2v) is 6.94. The molecule has 0 aliphatic rings. The van der Waals surface area contributed by atoms with Crippen molar-refractivity contribution in [2.45, 2.75) is 32.9 Å². The SMILES string of the molecule is CC(C)(C)OC(=O)NCc1c(Cl)ccc(C(=O)c2ccccc2)c1N. The number of hydrogen-bond donors (Lipinski definition) is 2. The maximum absolute atomic E-state index is 12.6. The standard InChI is InChI=1S/C19H21ClN2O3/c1-19(2,3)25-18(24)22-11-14-15(20)10-9-13(16(14)21)17(23)12-7-5-4-6-8-12/h4-10H,11,21H2,1-3H3,(H,22,24). The van der Waals surface area contributed by atoms with Crippen LogP contribution in [0.5, 0.6) is 0 Å². The van der Waals surface area contributed by atoms with E-state index in [9.17, 15) is 9.59 Å². The first kappa shape index (κ1) is 18.8. The van der Waals surface area contributed by atoms with Gasteiger partial charge in [0.1, 0.15) is 5.60 Å². The van der Waals surface area contributed by atoms with Gasteiger partial charge in [-0.15, -0.1) is 0 Å². The number of halogens is 1. The zero-order valence-electron chi connectivity index (χ0n) is 14.4. The molecule has 5 nitrogen and oxygen atoms in total. The van der Waals surface area contributed by atoms with Gasteiger partial charge in [-0.25, -0.2) is 4.79 Å². The number of amides is 1. The molecule has 0 saturated carbocycles. The Kier molecular flexibility index (Phi) is 5.69. The van der Waals surface area contributed by atoms with Gasteiger partial charge >= 0.3 is 6.09 Å². The van der Waals surface area contributed by atoms with E-state index in [-0.39, 0.29) is 18.0 Å². The maximum atomic E-state index is 12.6. The lowest BCUT2D eigenvalue weighted by Gasteiger charge is -2.20. The molecule has 0 heterocycles. The molecule has 2 rings (SSSR count). The molecule has 2 aromatic carbocycles. The van der Waals surface area contributed by atoms with Crippen molar-refractivity contribution < 1.29 is 14.3 Å². The van der Waals surface area contributed by atoms with Crippen LogP contribution in [0.1, 0.15) is 42.3 Å². The minimum absolute atomic E-state index is 0.0650. The number of anilines is 1. The average Bonchev–Trinajstić information content (AvgIpc) is 2.53. The van der Waals surface area contributed by atoms with Gasteiger partial charge in [-0.2, -0.15) is 0 Å². The van der Waals surface area contributed by atoms with Gasteiger partial charge in [0.2, 0.25) is 0 Å². The molecule has 25 heavy (non-hydrogen) atoms. The zero-order valence-corrected chi connectivity index (χ0v) is 15.2. The summed E-state index contributed by atoms with van der Waals surface area (Å²) in [6.45, 7) is 5.38. The highest BCUT2D eigenvalue weighted by Gasteiger charge is 2.19. The molecule has 0 fully saturated rings. The topological polar surface area (TPSA) is 81.4 Å². The smallest absolute Gasteiger partial charge is 0.407 e. The average molecular weight is 361 g/mol. The Morgan fingerprint density at radius 3 is 2.36 bits per heavy atom. The molecular weight excluding hydrogens is 340 g/mol. The van der Waals surface area contributed by atoms with Gasteiger partial charge in [-0.1, -0.05) is 41.9 Å². The van der Waals surface area contributed by atoms with Crippen LogP contribution in [-0.2, 0) is 11.3 Å². The lowest BCUT2D eigenvalue weighted by atomic mass is 9.99. The maximum Gasteiger partial charge on any atom is 0.407 e. The summed E-state index contributed by atoms with van der Waals surface area (Å²) in [7, 11) is 0. The molecule has 6 heteroatoms. The summed E-state index contributed by atoms with van der Waals surface area (Å²) < 4.78 is 5.19. The van der Waals surface area contributed by atoms with E-state index >= 15 is 0 Å². The number of carbonyl (C=O) groups is 2. The molecule has 0 unspecified atom stereocenters. The molecule has 0 saturated heterocycles. The lowest BCUT2D eigenvalue weighted by molar-refractivity contribution is 0.0523. The van der Waals surface area contributed by atoms with E-state index in [2.05, 4.69) is 5.32 Å². The van der Waals surface area contributed by atoms with E-state index in [4.69, 9.17) is 22.1 Å². The number of ketones is 1. The first-order valence-electron chi connectivity index (χ1n) is 7.82. The molecule has 1 amide bonds. The van der Waals surface area contributed by atoms with Crippen molar-refractivity contribution in [1.29, 1.82) is 0 Å². The van der Waals surface area contributed by atoms with Crippen molar-refractivity contribution in [3.05, 3.63) is 64.2 Å². The van der Waals surface area contributed by atoms with Crippen LogP contribution < -0.4 is 11.1 Å². The third-order valence-electron chi connectivity index (χ3n) is 3.39. The number of ether oxygens (including phenoxy) is 1. The molecule has 0 bridgehead atoms. The lowest BCUT2D eigenvalue weighted by Crippen LogP contribution is -2.32. The van der Waals surface area contributed by atoms with Crippen LogP contribution >= 0.6 is 11.6 Å². The van der Waals surface area contributed by atoms with Gasteiger partial charge < -0.3 is 15.8 Å². The van der Waals surface area contributed by atoms with E-state index in [1.54, 1.807) is 57.2 Å². The Bertz CT molecular complexity index is 783. The predicted octanol–water partition coefficient (Wildman–Crippen LogP) is 4.18. The summed E-state index contributed by atoms with van der Waals surface area (Å²) in [5.74, 6) is -0.201. The summed E-state index contributed by atoms with van der Waals surface area (Å²) >= 11 is 6.19. The molecule has 0 spiro atoms. The molecular formula is C19H21ClN2O3. The summed E-state index contributed by atoms with van der Waals surface area (Å²) in [4.78, 5) is 24.4. The van der Waals surface area contributed by atoms with Crippen molar-refractivity contribution in [2.75, 3.05) is 5.73 Å².